The van der Waals surface area contributed by atoms with E-state index in [1.807, 2.05) is 18.0 Å². The highest BCUT2D eigenvalue weighted by Gasteiger charge is 2.17. The van der Waals surface area contributed by atoms with Crippen LogP contribution < -0.4 is 9.47 Å². The third kappa shape index (κ3) is 2.67. The number of hydrogen-bond acceptors (Lipinski definition) is 5. The Morgan fingerprint density at radius 3 is 2.90 bits per heavy atom. The highest BCUT2D eigenvalue weighted by atomic mass is 16.7. The average Bonchev–Trinajstić information content (AvgIpc) is 3.07. The Hall–Kier alpha value is -2.27. The summed E-state index contributed by atoms with van der Waals surface area (Å²) in [5, 5.41) is 0. The maximum atomic E-state index is 12.2. The number of hydrogen-bond donors (Lipinski definition) is 0. The van der Waals surface area contributed by atoms with Crippen molar-refractivity contribution in [2.24, 2.45) is 0 Å². The van der Waals surface area contributed by atoms with E-state index in [4.69, 9.17) is 13.9 Å². The van der Waals surface area contributed by atoms with Gasteiger partial charge in [-0.2, -0.15) is 0 Å². The topological polar surface area (TPSA) is 51.9 Å². The summed E-state index contributed by atoms with van der Waals surface area (Å²) in [6, 6.07) is 7.16. The normalized spacial score (nSPS) is 12.9. The van der Waals surface area contributed by atoms with Gasteiger partial charge in [-0.25, -0.2) is 0 Å². The van der Waals surface area contributed by atoms with Gasteiger partial charge in [0.25, 0.3) is 0 Å². The Morgan fingerprint density at radius 2 is 2.10 bits per heavy atom. The van der Waals surface area contributed by atoms with Gasteiger partial charge >= 0.3 is 0 Å². The molecule has 0 atom stereocenters. The molecule has 0 radical (unpaired) electrons. The van der Waals surface area contributed by atoms with E-state index in [1.54, 1.807) is 30.7 Å². The number of nitrogens with zero attached hydrogens (tertiary/aromatic N) is 1. The van der Waals surface area contributed by atoms with E-state index in [9.17, 15) is 4.79 Å². The highest BCUT2D eigenvalue weighted by Crippen LogP contribution is 2.32. The maximum absolute atomic E-state index is 12.2. The van der Waals surface area contributed by atoms with Crippen molar-refractivity contribution in [3.8, 4) is 11.5 Å². The molecule has 1 aromatic carbocycles. The fourth-order valence-electron chi connectivity index (χ4n) is 2.16. The number of furan rings is 1. The molecule has 0 saturated heterocycles. The van der Waals surface area contributed by atoms with Gasteiger partial charge in [0.1, 0.15) is 0 Å². The molecule has 0 bridgehead atoms. The molecule has 0 aliphatic carbocycles. The fraction of sp³-hybridized carbons (Fsp3) is 0.267. The molecule has 0 N–H and O–H groups in total. The first kappa shape index (κ1) is 12.7. The predicted molar refractivity (Wildman–Crippen MR) is 71.9 cm³/mol. The lowest BCUT2D eigenvalue weighted by Gasteiger charge is -2.14. The average molecular weight is 273 g/mol. The summed E-state index contributed by atoms with van der Waals surface area (Å²) in [6.45, 7) is 1.23. The Morgan fingerprint density at radius 1 is 1.25 bits per heavy atom. The van der Waals surface area contributed by atoms with Crippen LogP contribution in [0.15, 0.2) is 41.2 Å². The zero-order valence-corrected chi connectivity index (χ0v) is 11.2. The fourth-order valence-corrected chi connectivity index (χ4v) is 2.16. The second-order valence-electron chi connectivity index (χ2n) is 4.80. The van der Waals surface area contributed by atoms with Crippen LogP contribution in [-0.2, 0) is 6.54 Å². The SMILES string of the molecule is CN(CC(=O)c1ccc2c(c1)OCO2)Cc1ccoc1. The third-order valence-electron chi connectivity index (χ3n) is 3.14. The Balaban J connectivity index is 1.64. The molecule has 0 amide bonds. The van der Waals surface area contributed by atoms with Crippen molar-refractivity contribution in [3.63, 3.8) is 0 Å². The standard InChI is InChI=1S/C15H15NO4/c1-16(7-11-4-5-18-9-11)8-13(17)12-2-3-14-15(6-12)20-10-19-14/h2-6,9H,7-8,10H2,1H3. The van der Waals surface area contributed by atoms with Crippen LogP contribution in [0.1, 0.15) is 15.9 Å². The van der Waals surface area contributed by atoms with E-state index in [-0.39, 0.29) is 12.6 Å². The quantitative estimate of drug-likeness (QED) is 0.782. The van der Waals surface area contributed by atoms with Crippen LogP contribution in [0.5, 0.6) is 11.5 Å². The van der Waals surface area contributed by atoms with Crippen molar-refractivity contribution < 1.29 is 18.7 Å². The van der Waals surface area contributed by atoms with E-state index in [2.05, 4.69) is 0 Å². The van der Waals surface area contributed by atoms with E-state index >= 15 is 0 Å². The van der Waals surface area contributed by atoms with Gasteiger partial charge in [-0.05, 0) is 31.3 Å². The molecule has 2 aromatic rings. The first-order chi connectivity index (χ1) is 9.72. The second-order valence-corrected chi connectivity index (χ2v) is 4.80. The number of rotatable bonds is 5. The summed E-state index contributed by atoms with van der Waals surface area (Å²) in [4.78, 5) is 14.2. The molecule has 0 saturated carbocycles. The first-order valence-electron chi connectivity index (χ1n) is 6.35. The largest absolute Gasteiger partial charge is 0.472 e. The highest BCUT2D eigenvalue weighted by molar-refractivity contribution is 5.98. The molecule has 0 unspecified atom stereocenters. The molecule has 2 heterocycles. The Bertz CT molecular complexity index is 606. The van der Waals surface area contributed by atoms with Crippen molar-refractivity contribution in [1.82, 2.24) is 4.90 Å². The lowest BCUT2D eigenvalue weighted by atomic mass is 10.1. The molecule has 20 heavy (non-hydrogen) atoms. The number of carbonyl (C=O) groups is 1. The minimum absolute atomic E-state index is 0.0503. The predicted octanol–water partition coefficient (Wildman–Crippen LogP) is 2.32. The first-order valence-corrected chi connectivity index (χ1v) is 6.35. The summed E-state index contributed by atoms with van der Waals surface area (Å²) >= 11 is 0. The summed E-state index contributed by atoms with van der Waals surface area (Å²) in [7, 11) is 1.90. The number of carbonyl (C=O) groups excluding carboxylic acids is 1. The number of Topliss-reactive ketones (excluding diaryl/α,β-unsaturated/α-hetero) is 1. The maximum Gasteiger partial charge on any atom is 0.231 e. The Labute approximate surface area is 116 Å². The van der Waals surface area contributed by atoms with Gasteiger partial charge in [-0.15, -0.1) is 0 Å². The van der Waals surface area contributed by atoms with E-state index in [0.29, 0.717) is 30.2 Å². The van der Waals surface area contributed by atoms with Gasteiger partial charge in [0.05, 0.1) is 19.1 Å². The minimum Gasteiger partial charge on any atom is -0.472 e. The molecule has 0 fully saturated rings. The summed E-state index contributed by atoms with van der Waals surface area (Å²) in [5.41, 5.74) is 1.68. The molecule has 1 aromatic heterocycles. The van der Waals surface area contributed by atoms with Crippen LogP contribution in [0.2, 0.25) is 0 Å². The van der Waals surface area contributed by atoms with Gasteiger partial charge in [0, 0.05) is 17.7 Å². The zero-order valence-electron chi connectivity index (χ0n) is 11.2. The van der Waals surface area contributed by atoms with Crippen LogP contribution >= 0.6 is 0 Å². The van der Waals surface area contributed by atoms with Crippen molar-refractivity contribution >= 4 is 5.78 Å². The van der Waals surface area contributed by atoms with Crippen molar-refractivity contribution in [1.29, 1.82) is 0 Å². The third-order valence-corrected chi connectivity index (χ3v) is 3.14. The summed E-state index contributed by atoms with van der Waals surface area (Å²) in [6.07, 6.45) is 3.31. The molecule has 5 nitrogen and oxygen atoms in total. The number of benzene rings is 1. The number of ether oxygens (including phenoxy) is 2. The van der Waals surface area contributed by atoms with Gasteiger partial charge in [0.2, 0.25) is 6.79 Å². The summed E-state index contributed by atoms with van der Waals surface area (Å²) in [5.74, 6) is 1.37. The van der Waals surface area contributed by atoms with Crippen LogP contribution in [0.3, 0.4) is 0 Å². The summed E-state index contributed by atoms with van der Waals surface area (Å²) < 4.78 is 15.5. The molecule has 0 spiro atoms. The van der Waals surface area contributed by atoms with Crippen molar-refractivity contribution in [2.45, 2.75) is 6.54 Å². The lowest BCUT2D eigenvalue weighted by Crippen LogP contribution is -2.25. The zero-order chi connectivity index (χ0) is 13.9. The van der Waals surface area contributed by atoms with Crippen molar-refractivity contribution in [3.05, 3.63) is 47.9 Å². The van der Waals surface area contributed by atoms with Crippen LogP contribution in [0.4, 0.5) is 0 Å². The second kappa shape index (κ2) is 5.38. The molecule has 3 rings (SSSR count). The molecule has 5 heteroatoms. The monoisotopic (exact) mass is 273 g/mol. The van der Waals surface area contributed by atoms with Gasteiger partial charge in [0.15, 0.2) is 17.3 Å². The number of likely N-dealkylation sites (N-methyl/N-ethyl adjacent to an activating group) is 1. The van der Waals surface area contributed by atoms with Crippen LogP contribution in [0.25, 0.3) is 0 Å². The molecule has 1 aliphatic rings. The number of ketones is 1. The molecule has 1 aliphatic heterocycles. The lowest BCUT2D eigenvalue weighted by molar-refractivity contribution is 0.0942. The number of fused-ring (bicyclic) bond motifs is 1. The van der Waals surface area contributed by atoms with Gasteiger partial charge in [-0.3, -0.25) is 9.69 Å². The smallest absolute Gasteiger partial charge is 0.231 e. The minimum atomic E-state index is 0.0503. The Kier molecular flexibility index (Phi) is 3.43. The van der Waals surface area contributed by atoms with E-state index < -0.39 is 0 Å². The van der Waals surface area contributed by atoms with Crippen LogP contribution in [-0.4, -0.2) is 31.1 Å². The molecular weight excluding hydrogens is 258 g/mol. The van der Waals surface area contributed by atoms with Gasteiger partial charge in [-0.1, -0.05) is 0 Å². The van der Waals surface area contributed by atoms with E-state index in [0.717, 1.165) is 5.56 Å². The van der Waals surface area contributed by atoms with E-state index in [1.165, 1.54) is 0 Å². The van der Waals surface area contributed by atoms with Crippen molar-refractivity contribution in [2.75, 3.05) is 20.4 Å². The van der Waals surface area contributed by atoms with Gasteiger partial charge < -0.3 is 13.9 Å². The van der Waals surface area contributed by atoms with Crippen LogP contribution in [0, 0.1) is 0 Å². The molecule has 104 valence electrons. The molecular formula is C15H15NO4.